The predicted molar refractivity (Wildman–Crippen MR) is 268 cm³/mol. The standard InChI is InChI=1S/C61H39N3O/c1-3-13-40(14-4-1)41-25-31-46(32-26-41)59-62-60(64-61(63-59)55-21-10-7-17-49(55)43-15-5-2-6-16-43)47-33-29-45(30-34-47)51-37-36-50(52-18-8-9-19-53(51)52)44-27-23-42(24-28-44)48-35-38-58-56(39-48)54-20-11-12-22-57(54)65-58/h1-39H. The van der Waals surface area contributed by atoms with Crippen LogP contribution in [0.5, 0.6) is 0 Å². The number of hydrogen-bond donors (Lipinski definition) is 0. The molecule has 0 saturated heterocycles. The van der Waals surface area contributed by atoms with Crippen molar-refractivity contribution in [3.05, 3.63) is 237 Å². The van der Waals surface area contributed by atoms with Crippen LogP contribution in [0.15, 0.2) is 241 Å². The van der Waals surface area contributed by atoms with Crippen LogP contribution in [0.4, 0.5) is 0 Å². The highest BCUT2D eigenvalue weighted by Crippen LogP contribution is 2.39. The summed E-state index contributed by atoms with van der Waals surface area (Å²) in [4.78, 5) is 15.4. The third-order valence-electron chi connectivity index (χ3n) is 12.4. The maximum atomic E-state index is 6.09. The Balaban J connectivity index is 0.890. The molecule has 0 saturated carbocycles. The Hall–Kier alpha value is -8.73. The summed E-state index contributed by atoms with van der Waals surface area (Å²) < 4.78 is 6.09. The highest BCUT2D eigenvalue weighted by molar-refractivity contribution is 6.07. The SMILES string of the molecule is c1ccc(-c2ccc(-c3nc(-c4ccc(-c5ccc(-c6ccc(-c7ccc8oc9ccccc9c8c7)cc6)c6ccccc56)cc4)nc(-c4ccccc4-c4ccccc4)n3)cc2)cc1. The predicted octanol–water partition coefficient (Wildman–Crippen LogP) is 16.3. The van der Waals surface area contributed by atoms with Crippen molar-refractivity contribution < 1.29 is 4.42 Å². The highest BCUT2D eigenvalue weighted by Gasteiger charge is 2.17. The van der Waals surface area contributed by atoms with Gasteiger partial charge in [-0.25, -0.2) is 15.0 Å². The summed E-state index contributed by atoms with van der Waals surface area (Å²) in [6, 6.07) is 83.0. The maximum Gasteiger partial charge on any atom is 0.164 e. The topological polar surface area (TPSA) is 51.8 Å². The number of rotatable bonds is 8. The van der Waals surface area contributed by atoms with E-state index in [1.807, 2.05) is 30.3 Å². The first kappa shape index (κ1) is 38.0. The van der Waals surface area contributed by atoms with Gasteiger partial charge >= 0.3 is 0 Å². The van der Waals surface area contributed by atoms with Gasteiger partial charge in [-0.3, -0.25) is 0 Å². The highest BCUT2D eigenvalue weighted by atomic mass is 16.3. The first-order valence-corrected chi connectivity index (χ1v) is 21.9. The van der Waals surface area contributed by atoms with Crippen LogP contribution >= 0.6 is 0 Å². The quantitative estimate of drug-likeness (QED) is 0.153. The Morgan fingerprint density at radius 3 is 1.20 bits per heavy atom. The van der Waals surface area contributed by atoms with Crippen molar-refractivity contribution >= 4 is 32.7 Å². The van der Waals surface area contributed by atoms with Gasteiger partial charge < -0.3 is 4.42 Å². The second kappa shape index (κ2) is 16.2. The van der Waals surface area contributed by atoms with E-state index >= 15 is 0 Å². The van der Waals surface area contributed by atoms with E-state index in [4.69, 9.17) is 19.4 Å². The van der Waals surface area contributed by atoms with Crippen LogP contribution in [-0.4, -0.2) is 15.0 Å². The first-order valence-electron chi connectivity index (χ1n) is 21.9. The number of hydrogen-bond acceptors (Lipinski definition) is 4. The summed E-state index contributed by atoms with van der Waals surface area (Å²) in [5, 5.41) is 4.67. The molecule has 304 valence electrons. The van der Waals surface area contributed by atoms with E-state index < -0.39 is 0 Å². The zero-order valence-corrected chi connectivity index (χ0v) is 35.3. The average Bonchev–Trinajstić information content (AvgIpc) is 3.77. The molecule has 0 spiro atoms. The van der Waals surface area contributed by atoms with E-state index in [-0.39, 0.29) is 0 Å². The molecule has 0 atom stereocenters. The number of fused-ring (bicyclic) bond motifs is 4. The fourth-order valence-corrected chi connectivity index (χ4v) is 9.09. The normalized spacial score (nSPS) is 11.4. The lowest BCUT2D eigenvalue weighted by Crippen LogP contribution is -2.01. The van der Waals surface area contributed by atoms with Crippen molar-refractivity contribution in [2.75, 3.05) is 0 Å². The fraction of sp³-hybridized carbons (Fsp3) is 0. The van der Waals surface area contributed by atoms with Crippen LogP contribution in [-0.2, 0) is 0 Å². The largest absolute Gasteiger partial charge is 0.456 e. The molecule has 0 aliphatic heterocycles. The molecule has 2 aromatic heterocycles. The Morgan fingerprint density at radius 2 is 0.600 bits per heavy atom. The van der Waals surface area contributed by atoms with Gasteiger partial charge in [0, 0.05) is 27.5 Å². The number of nitrogens with zero attached hydrogens (tertiary/aromatic N) is 3. The van der Waals surface area contributed by atoms with Crippen LogP contribution < -0.4 is 0 Å². The minimum Gasteiger partial charge on any atom is -0.456 e. The van der Waals surface area contributed by atoms with Gasteiger partial charge in [0.2, 0.25) is 0 Å². The van der Waals surface area contributed by atoms with Gasteiger partial charge in [0.1, 0.15) is 11.2 Å². The molecule has 10 aromatic carbocycles. The summed E-state index contributed by atoms with van der Waals surface area (Å²) in [7, 11) is 0. The lowest BCUT2D eigenvalue weighted by molar-refractivity contribution is 0.669. The third kappa shape index (κ3) is 7.13. The molecule has 12 rings (SSSR count). The minimum absolute atomic E-state index is 0.619. The first-order chi connectivity index (χ1) is 32.2. The van der Waals surface area contributed by atoms with Crippen LogP contribution in [0.25, 0.3) is 123 Å². The summed E-state index contributed by atoms with van der Waals surface area (Å²) >= 11 is 0. The Kier molecular flexibility index (Phi) is 9.46. The zero-order valence-electron chi connectivity index (χ0n) is 35.3. The monoisotopic (exact) mass is 829 g/mol. The van der Waals surface area contributed by atoms with Gasteiger partial charge in [0.15, 0.2) is 17.5 Å². The van der Waals surface area contributed by atoms with E-state index in [1.165, 1.54) is 44.2 Å². The van der Waals surface area contributed by atoms with Gasteiger partial charge in [-0.05, 0) is 84.6 Å². The van der Waals surface area contributed by atoms with Crippen LogP contribution in [0, 0.1) is 0 Å². The van der Waals surface area contributed by atoms with Crippen molar-refractivity contribution in [1.82, 2.24) is 15.0 Å². The van der Waals surface area contributed by atoms with Crippen LogP contribution in [0.2, 0.25) is 0 Å². The molecule has 0 fully saturated rings. The van der Waals surface area contributed by atoms with Gasteiger partial charge in [-0.2, -0.15) is 0 Å². The molecule has 4 nitrogen and oxygen atoms in total. The summed E-state index contributed by atoms with van der Waals surface area (Å²) in [5.74, 6) is 1.87. The Morgan fingerprint density at radius 1 is 0.215 bits per heavy atom. The number of aromatic nitrogens is 3. The average molecular weight is 830 g/mol. The van der Waals surface area contributed by atoms with Gasteiger partial charge in [0.05, 0.1) is 0 Å². The second-order valence-corrected chi connectivity index (χ2v) is 16.3. The van der Waals surface area contributed by atoms with Crippen molar-refractivity contribution in [3.63, 3.8) is 0 Å². The Labute approximate surface area is 376 Å². The number of benzene rings is 10. The molecule has 0 bridgehead atoms. The van der Waals surface area contributed by atoms with Crippen molar-refractivity contribution in [2.24, 2.45) is 0 Å². The molecule has 0 amide bonds. The lowest BCUT2D eigenvalue weighted by Gasteiger charge is -2.14. The molecule has 2 heterocycles. The summed E-state index contributed by atoms with van der Waals surface area (Å²) in [5.41, 5.74) is 16.1. The fourth-order valence-electron chi connectivity index (χ4n) is 9.09. The maximum absolute atomic E-state index is 6.09. The smallest absolute Gasteiger partial charge is 0.164 e. The van der Waals surface area contributed by atoms with E-state index in [0.29, 0.717) is 17.5 Å². The van der Waals surface area contributed by atoms with Crippen molar-refractivity contribution in [3.8, 4) is 89.8 Å². The second-order valence-electron chi connectivity index (χ2n) is 16.3. The molecule has 0 aliphatic rings. The summed E-state index contributed by atoms with van der Waals surface area (Å²) in [6.45, 7) is 0. The molecule has 65 heavy (non-hydrogen) atoms. The van der Waals surface area contributed by atoms with E-state index in [2.05, 4.69) is 206 Å². The minimum atomic E-state index is 0.619. The van der Waals surface area contributed by atoms with Crippen LogP contribution in [0.1, 0.15) is 0 Å². The van der Waals surface area contributed by atoms with E-state index in [9.17, 15) is 0 Å². The molecular formula is C61H39N3O. The van der Waals surface area contributed by atoms with E-state index in [1.54, 1.807) is 0 Å². The van der Waals surface area contributed by atoms with Gasteiger partial charge in [0.25, 0.3) is 0 Å². The van der Waals surface area contributed by atoms with Gasteiger partial charge in [-0.1, -0.05) is 218 Å². The van der Waals surface area contributed by atoms with Crippen molar-refractivity contribution in [2.45, 2.75) is 0 Å². The molecule has 12 aromatic rings. The lowest BCUT2D eigenvalue weighted by atomic mass is 9.91. The molecule has 4 heteroatoms. The molecular weight excluding hydrogens is 791 g/mol. The number of furan rings is 1. The summed E-state index contributed by atoms with van der Waals surface area (Å²) in [6.07, 6.45) is 0. The van der Waals surface area contributed by atoms with Crippen LogP contribution in [0.3, 0.4) is 0 Å². The van der Waals surface area contributed by atoms with Gasteiger partial charge in [-0.15, -0.1) is 0 Å². The van der Waals surface area contributed by atoms with Crippen molar-refractivity contribution in [1.29, 1.82) is 0 Å². The molecule has 0 aliphatic carbocycles. The zero-order chi connectivity index (χ0) is 43.1. The molecule has 0 unspecified atom stereocenters. The third-order valence-corrected chi connectivity index (χ3v) is 12.4. The van der Waals surface area contributed by atoms with E-state index in [0.717, 1.165) is 60.9 Å². The number of para-hydroxylation sites is 1. The molecule has 0 radical (unpaired) electrons. The Bertz CT molecular complexity index is 3670. The molecule has 0 N–H and O–H groups in total.